The standard InChI is InChI=1S/C50H32IOP/c51-52-53(40-14-2-1-3-15-40,41-16-6-12-38(30-41)43-26-22-36-20-18-32-8-4-10-34-24-28-45(43)49(36)47(32)34)42-17-7-13-39(31-42)44-27-23-37-21-19-33-9-5-11-35-25-29-46(44)50(37)48(33)35/h1-31,53H. The zero-order valence-corrected chi connectivity index (χ0v) is 31.8. The Balaban J connectivity index is 1.12. The topological polar surface area (TPSA) is 9.23 Å². The first kappa shape index (κ1) is 31.2. The normalized spacial score (nSPS) is 12.6. The van der Waals surface area contributed by atoms with Crippen molar-refractivity contribution >= 4 is 111 Å². The van der Waals surface area contributed by atoms with Crippen molar-refractivity contribution in [2.45, 2.75) is 0 Å². The number of halogens is 1. The van der Waals surface area contributed by atoms with Crippen molar-refractivity contribution in [3.63, 3.8) is 0 Å². The molecule has 0 aliphatic carbocycles. The Labute approximate surface area is 322 Å². The third kappa shape index (κ3) is 4.63. The van der Waals surface area contributed by atoms with Gasteiger partial charge in [0, 0.05) is 0 Å². The van der Waals surface area contributed by atoms with Crippen LogP contribution in [0.15, 0.2) is 188 Å². The molecule has 3 heteroatoms. The van der Waals surface area contributed by atoms with Gasteiger partial charge in [0.05, 0.1) is 0 Å². The van der Waals surface area contributed by atoms with Crippen LogP contribution >= 0.6 is 30.5 Å². The van der Waals surface area contributed by atoms with Gasteiger partial charge in [0.25, 0.3) is 0 Å². The summed E-state index contributed by atoms with van der Waals surface area (Å²) in [6, 6.07) is 69.7. The van der Waals surface area contributed by atoms with Gasteiger partial charge in [0.15, 0.2) is 0 Å². The van der Waals surface area contributed by atoms with E-state index < -0.39 is 7.49 Å². The zero-order valence-electron chi connectivity index (χ0n) is 28.7. The zero-order chi connectivity index (χ0) is 35.1. The minimum absolute atomic E-state index is 1.20. The van der Waals surface area contributed by atoms with E-state index in [1.807, 2.05) is 0 Å². The first-order valence-corrected chi connectivity index (χ1v) is 20.9. The molecule has 0 spiro atoms. The molecule has 0 atom stereocenters. The van der Waals surface area contributed by atoms with Gasteiger partial charge in [0.2, 0.25) is 0 Å². The van der Waals surface area contributed by atoms with Crippen LogP contribution in [0.3, 0.4) is 0 Å². The Bertz CT molecular complexity index is 2950. The monoisotopic (exact) mass is 806 g/mol. The van der Waals surface area contributed by atoms with Gasteiger partial charge in [-0.15, -0.1) is 0 Å². The van der Waals surface area contributed by atoms with E-state index >= 15 is 0 Å². The maximum absolute atomic E-state index is 6.95. The summed E-state index contributed by atoms with van der Waals surface area (Å²) in [7, 11) is -3.00. The molecule has 0 aliphatic rings. The molecular formula is C50H32IOP. The van der Waals surface area contributed by atoms with Crippen LogP contribution in [0.25, 0.3) is 86.9 Å². The quantitative estimate of drug-likeness (QED) is 0.0924. The van der Waals surface area contributed by atoms with Crippen molar-refractivity contribution in [1.82, 2.24) is 0 Å². The Morgan fingerprint density at radius 1 is 0.321 bits per heavy atom. The second kappa shape index (κ2) is 12.1. The van der Waals surface area contributed by atoms with E-state index in [2.05, 4.69) is 211 Å². The molecule has 11 aromatic carbocycles. The third-order valence-corrected chi connectivity index (χ3v) is 17.1. The number of hydrogen-bond acceptors (Lipinski definition) is 1. The van der Waals surface area contributed by atoms with Crippen LogP contribution in [-0.2, 0) is 2.85 Å². The molecule has 11 aromatic rings. The van der Waals surface area contributed by atoms with Crippen LogP contribution in [0.4, 0.5) is 0 Å². The second-order valence-corrected chi connectivity index (χ2v) is 18.8. The van der Waals surface area contributed by atoms with Crippen molar-refractivity contribution in [1.29, 1.82) is 0 Å². The third-order valence-electron chi connectivity index (χ3n) is 11.5. The van der Waals surface area contributed by atoms with E-state index in [1.165, 1.54) is 103 Å². The van der Waals surface area contributed by atoms with Crippen LogP contribution in [0, 0.1) is 0 Å². The van der Waals surface area contributed by atoms with Crippen LogP contribution in [0.5, 0.6) is 0 Å². The van der Waals surface area contributed by atoms with Gasteiger partial charge >= 0.3 is 324 Å². The first-order valence-electron chi connectivity index (χ1n) is 18.1. The summed E-state index contributed by atoms with van der Waals surface area (Å²) in [5.74, 6) is 0. The maximum atomic E-state index is 6.95. The molecule has 0 fully saturated rings. The van der Waals surface area contributed by atoms with Crippen molar-refractivity contribution < 1.29 is 2.85 Å². The van der Waals surface area contributed by atoms with E-state index in [4.69, 9.17) is 2.85 Å². The Kier molecular flexibility index (Phi) is 7.11. The minimum atomic E-state index is -3.00. The number of benzene rings is 11. The second-order valence-electron chi connectivity index (χ2n) is 14.2. The summed E-state index contributed by atoms with van der Waals surface area (Å²) < 4.78 is 6.95. The van der Waals surface area contributed by atoms with E-state index in [0.717, 1.165) is 0 Å². The van der Waals surface area contributed by atoms with Crippen LogP contribution in [0.1, 0.15) is 0 Å². The van der Waals surface area contributed by atoms with Crippen LogP contribution in [0.2, 0.25) is 0 Å². The average molecular weight is 807 g/mol. The van der Waals surface area contributed by atoms with E-state index in [0.29, 0.717) is 0 Å². The fourth-order valence-electron chi connectivity index (χ4n) is 9.09. The number of rotatable bonds is 6. The van der Waals surface area contributed by atoms with Gasteiger partial charge in [-0.05, 0) is 0 Å². The molecule has 0 saturated heterocycles. The summed E-state index contributed by atoms with van der Waals surface area (Å²) in [5.41, 5.74) is 4.88. The van der Waals surface area contributed by atoms with Gasteiger partial charge in [-0.3, -0.25) is 0 Å². The molecule has 53 heavy (non-hydrogen) atoms. The van der Waals surface area contributed by atoms with E-state index in [-0.39, 0.29) is 0 Å². The molecular weight excluding hydrogens is 774 g/mol. The Morgan fingerprint density at radius 2 is 0.698 bits per heavy atom. The first-order chi connectivity index (χ1) is 26.2. The van der Waals surface area contributed by atoms with Gasteiger partial charge in [-0.1, -0.05) is 0 Å². The fraction of sp³-hybridized carbons (Fsp3) is 0. The molecule has 1 nitrogen and oxygen atoms in total. The average Bonchev–Trinajstić information content (AvgIpc) is 3.23. The van der Waals surface area contributed by atoms with Gasteiger partial charge in [-0.2, -0.15) is 0 Å². The van der Waals surface area contributed by atoms with Crippen molar-refractivity contribution in [3.8, 4) is 22.3 Å². The number of hydrogen-bond donors (Lipinski definition) is 0. The molecule has 0 aliphatic heterocycles. The Hall–Kier alpha value is -5.38. The van der Waals surface area contributed by atoms with Crippen molar-refractivity contribution in [2.75, 3.05) is 0 Å². The van der Waals surface area contributed by atoms with Gasteiger partial charge in [0.1, 0.15) is 0 Å². The Morgan fingerprint density at radius 3 is 1.15 bits per heavy atom. The molecule has 0 unspecified atom stereocenters. The van der Waals surface area contributed by atoms with Gasteiger partial charge < -0.3 is 0 Å². The molecule has 0 bridgehead atoms. The summed E-state index contributed by atoms with van der Waals surface area (Å²) >= 11 is 2.19. The molecule has 0 N–H and O–H groups in total. The predicted octanol–water partition coefficient (Wildman–Crippen LogP) is 13.1. The van der Waals surface area contributed by atoms with Gasteiger partial charge in [-0.25, -0.2) is 0 Å². The molecule has 0 aromatic heterocycles. The molecule has 0 heterocycles. The summed E-state index contributed by atoms with van der Waals surface area (Å²) in [6.07, 6.45) is 0. The van der Waals surface area contributed by atoms with Crippen molar-refractivity contribution in [3.05, 3.63) is 188 Å². The van der Waals surface area contributed by atoms with Crippen LogP contribution < -0.4 is 15.9 Å². The summed E-state index contributed by atoms with van der Waals surface area (Å²) in [6.45, 7) is 0. The summed E-state index contributed by atoms with van der Waals surface area (Å²) in [5, 5.41) is 19.2. The predicted molar refractivity (Wildman–Crippen MR) is 240 cm³/mol. The van der Waals surface area contributed by atoms with E-state index in [1.54, 1.807) is 0 Å². The molecule has 0 saturated carbocycles. The van der Waals surface area contributed by atoms with E-state index in [9.17, 15) is 0 Å². The van der Waals surface area contributed by atoms with Crippen LogP contribution in [-0.4, -0.2) is 0 Å². The molecule has 11 rings (SSSR count). The SMILES string of the molecule is IO[PH](c1ccccc1)(c1cccc(-c2ccc3ccc4cccc5ccc2c3c45)c1)c1cccc(-c2ccc3ccc4cccc5ccc2c3c45)c1. The molecule has 250 valence electrons. The summed E-state index contributed by atoms with van der Waals surface area (Å²) in [4.78, 5) is 0. The molecule has 0 radical (unpaired) electrons. The molecule has 0 amide bonds. The van der Waals surface area contributed by atoms with Crippen molar-refractivity contribution in [2.24, 2.45) is 0 Å². The fourth-order valence-corrected chi connectivity index (χ4v) is 14.7.